The molecule has 1 amide bonds. The van der Waals surface area contributed by atoms with Crippen molar-refractivity contribution in [2.75, 3.05) is 26.2 Å². The lowest BCUT2D eigenvalue weighted by molar-refractivity contribution is -0.139. The van der Waals surface area contributed by atoms with E-state index in [1.807, 2.05) is 21.6 Å². The second kappa shape index (κ2) is 11.0. The molecule has 0 aliphatic carbocycles. The Hall–Kier alpha value is -2.97. The van der Waals surface area contributed by atoms with Crippen LogP contribution in [-0.4, -0.2) is 57.5 Å². The number of benzene rings is 2. The van der Waals surface area contributed by atoms with Crippen molar-refractivity contribution >= 4 is 35.2 Å². The number of carboxylic acids is 1. The van der Waals surface area contributed by atoms with E-state index in [-0.39, 0.29) is 42.3 Å². The van der Waals surface area contributed by atoms with Gasteiger partial charge in [0.25, 0.3) is 0 Å². The molecule has 3 aromatic rings. The average Bonchev–Trinajstić information content (AvgIpc) is 3.14. The number of fused-ring (bicyclic) bond motifs is 3. The number of nitrogens with zero attached hydrogens (tertiary/aromatic N) is 3. The van der Waals surface area contributed by atoms with Gasteiger partial charge in [0.1, 0.15) is 11.6 Å². The highest BCUT2D eigenvalue weighted by Crippen LogP contribution is 2.33. The molecule has 2 aliphatic heterocycles. The fourth-order valence-electron chi connectivity index (χ4n) is 5.55. The number of hydrogen-bond acceptors (Lipinski definition) is 3. The molecule has 36 heavy (non-hydrogen) atoms. The SMILES string of the molecule is Cl.O=C(O)CC1CCN(CC(=O)N2CCc3c(n(Cc4cccc(F)c4)c4c(F)cccc34)C2)CC1. The van der Waals surface area contributed by atoms with Gasteiger partial charge in [-0.05, 0) is 67.6 Å². The van der Waals surface area contributed by atoms with Crippen LogP contribution >= 0.6 is 12.4 Å². The van der Waals surface area contributed by atoms with Crippen LogP contribution in [-0.2, 0) is 29.1 Å². The maximum atomic E-state index is 15.0. The van der Waals surface area contributed by atoms with Gasteiger partial charge in [-0.1, -0.05) is 24.3 Å². The Kier molecular flexibility index (Phi) is 7.95. The first-order valence-corrected chi connectivity index (χ1v) is 12.1. The van der Waals surface area contributed by atoms with Gasteiger partial charge in [-0.25, -0.2) is 8.78 Å². The van der Waals surface area contributed by atoms with Crippen LogP contribution in [0.1, 0.15) is 36.1 Å². The fourth-order valence-corrected chi connectivity index (χ4v) is 5.55. The molecule has 2 aromatic carbocycles. The number of piperidine rings is 1. The van der Waals surface area contributed by atoms with Gasteiger partial charge in [-0.2, -0.15) is 0 Å². The van der Waals surface area contributed by atoms with Crippen LogP contribution in [0.4, 0.5) is 8.78 Å². The van der Waals surface area contributed by atoms with Crippen molar-refractivity contribution < 1.29 is 23.5 Å². The van der Waals surface area contributed by atoms with E-state index in [1.54, 1.807) is 12.1 Å². The van der Waals surface area contributed by atoms with Gasteiger partial charge < -0.3 is 14.6 Å². The molecule has 1 saturated heterocycles. The standard InChI is InChI=1S/C27H29F2N3O3.ClH/c28-20-4-1-3-19(13-20)15-32-24-16-31(12-9-21(24)22-5-2-6-23(29)27(22)32)25(33)17-30-10-7-18(8-11-30)14-26(34)35;/h1-6,13,18H,7-12,14-17H2,(H,34,35);1H. The summed E-state index contributed by atoms with van der Waals surface area (Å²) in [7, 11) is 0. The molecular weight excluding hydrogens is 488 g/mol. The van der Waals surface area contributed by atoms with E-state index in [0.717, 1.165) is 35.0 Å². The third-order valence-electron chi connectivity index (χ3n) is 7.34. The molecule has 2 aliphatic rings. The Labute approximate surface area is 214 Å². The Morgan fingerprint density at radius 1 is 1.03 bits per heavy atom. The number of aromatic nitrogens is 1. The fraction of sp³-hybridized carbons (Fsp3) is 0.407. The number of rotatable bonds is 6. The minimum Gasteiger partial charge on any atom is -0.481 e. The molecule has 0 spiro atoms. The van der Waals surface area contributed by atoms with E-state index >= 15 is 0 Å². The van der Waals surface area contributed by atoms with E-state index in [0.29, 0.717) is 51.2 Å². The summed E-state index contributed by atoms with van der Waals surface area (Å²) < 4.78 is 30.7. The van der Waals surface area contributed by atoms with Crippen molar-refractivity contribution in [2.45, 2.75) is 38.8 Å². The number of carboxylic acid groups (broad SMARTS) is 1. The minimum atomic E-state index is -0.770. The van der Waals surface area contributed by atoms with Gasteiger partial charge >= 0.3 is 5.97 Å². The molecule has 0 unspecified atom stereocenters. The molecule has 1 fully saturated rings. The third kappa shape index (κ3) is 5.39. The summed E-state index contributed by atoms with van der Waals surface area (Å²) in [6.07, 6.45) is 2.39. The maximum Gasteiger partial charge on any atom is 0.303 e. The van der Waals surface area contributed by atoms with Gasteiger partial charge in [0.2, 0.25) is 5.91 Å². The van der Waals surface area contributed by atoms with Crippen LogP contribution in [0.3, 0.4) is 0 Å². The summed E-state index contributed by atoms with van der Waals surface area (Å²) in [5, 5.41) is 9.86. The van der Waals surface area contributed by atoms with Crippen molar-refractivity contribution in [3.05, 3.63) is 70.9 Å². The lowest BCUT2D eigenvalue weighted by Crippen LogP contribution is -2.45. The van der Waals surface area contributed by atoms with E-state index in [1.165, 1.54) is 18.2 Å². The zero-order valence-corrected chi connectivity index (χ0v) is 20.8. The minimum absolute atomic E-state index is 0. The highest BCUT2D eigenvalue weighted by atomic mass is 35.5. The molecule has 1 N–H and O–H groups in total. The van der Waals surface area contributed by atoms with Crippen molar-refractivity contribution in [2.24, 2.45) is 5.92 Å². The monoisotopic (exact) mass is 517 g/mol. The van der Waals surface area contributed by atoms with E-state index in [4.69, 9.17) is 5.11 Å². The lowest BCUT2D eigenvalue weighted by Gasteiger charge is -2.34. The molecule has 9 heteroatoms. The summed E-state index contributed by atoms with van der Waals surface area (Å²) in [6, 6.07) is 11.4. The summed E-state index contributed by atoms with van der Waals surface area (Å²) in [6.45, 7) is 3.00. The smallest absolute Gasteiger partial charge is 0.303 e. The Morgan fingerprint density at radius 3 is 2.50 bits per heavy atom. The second-order valence-electron chi connectivity index (χ2n) is 9.66. The van der Waals surface area contributed by atoms with Crippen molar-refractivity contribution in [1.29, 1.82) is 0 Å². The van der Waals surface area contributed by atoms with Crippen LogP contribution < -0.4 is 0 Å². The van der Waals surface area contributed by atoms with E-state index < -0.39 is 5.97 Å². The predicted octanol–water partition coefficient (Wildman–Crippen LogP) is 4.46. The number of para-hydroxylation sites is 1. The number of carbonyl (C=O) groups excluding carboxylic acids is 1. The van der Waals surface area contributed by atoms with Crippen LogP contribution in [0, 0.1) is 17.6 Å². The first kappa shape index (κ1) is 26.1. The largest absolute Gasteiger partial charge is 0.481 e. The molecule has 0 atom stereocenters. The predicted molar refractivity (Wildman–Crippen MR) is 135 cm³/mol. The Bertz CT molecular complexity index is 1270. The Morgan fingerprint density at radius 2 is 1.78 bits per heavy atom. The highest BCUT2D eigenvalue weighted by molar-refractivity contribution is 5.87. The molecule has 5 rings (SSSR count). The summed E-state index contributed by atoms with van der Waals surface area (Å²) in [5.74, 6) is -1.23. The third-order valence-corrected chi connectivity index (χ3v) is 7.34. The number of halogens is 3. The number of aliphatic carboxylic acids is 1. The highest BCUT2D eigenvalue weighted by Gasteiger charge is 2.30. The normalized spacial score (nSPS) is 16.6. The molecule has 0 radical (unpaired) electrons. The zero-order valence-electron chi connectivity index (χ0n) is 20.0. The quantitative estimate of drug-likeness (QED) is 0.524. The van der Waals surface area contributed by atoms with Crippen molar-refractivity contribution in [3.63, 3.8) is 0 Å². The van der Waals surface area contributed by atoms with Crippen LogP contribution in [0.2, 0.25) is 0 Å². The van der Waals surface area contributed by atoms with Gasteiger partial charge in [0.15, 0.2) is 0 Å². The van der Waals surface area contributed by atoms with Gasteiger partial charge in [-0.3, -0.25) is 14.5 Å². The molecule has 1 aromatic heterocycles. The van der Waals surface area contributed by atoms with Crippen LogP contribution in [0.15, 0.2) is 42.5 Å². The molecule has 192 valence electrons. The first-order chi connectivity index (χ1) is 16.9. The molecular formula is C27H30ClF2N3O3. The number of carbonyl (C=O) groups is 2. The summed E-state index contributed by atoms with van der Waals surface area (Å²) >= 11 is 0. The van der Waals surface area contributed by atoms with Gasteiger partial charge in [0, 0.05) is 30.6 Å². The van der Waals surface area contributed by atoms with Crippen LogP contribution in [0.5, 0.6) is 0 Å². The van der Waals surface area contributed by atoms with Crippen LogP contribution in [0.25, 0.3) is 10.9 Å². The maximum absolute atomic E-state index is 15.0. The second-order valence-corrected chi connectivity index (χ2v) is 9.66. The Balaban J connectivity index is 0.00000304. The van der Waals surface area contributed by atoms with E-state index in [2.05, 4.69) is 4.90 Å². The zero-order chi connectivity index (χ0) is 24.5. The van der Waals surface area contributed by atoms with E-state index in [9.17, 15) is 18.4 Å². The molecule has 3 heterocycles. The lowest BCUT2D eigenvalue weighted by atomic mass is 9.93. The van der Waals surface area contributed by atoms with Crippen molar-refractivity contribution in [3.8, 4) is 0 Å². The number of likely N-dealkylation sites (tertiary alicyclic amines) is 1. The van der Waals surface area contributed by atoms with Gasteiger partial charge in [-0.15, -0.1) is 12.4 Å². The number of amides is 1. The number of hydrogen-bond donors (Lipinski definition) is 1. The molecule has 6 nitrogen and oxygen atoms in total. The molecule has 0 saturated carbocycles. The average molecular weight is 518 g/mol. The summed E-state index contributed by atoms with van der Waals surface area (Å²) in [4.78, 5) is 28.1. The van der Waals surface area contributed by atoms with Gasteiger partial charge in [0.05, 0.1) is 18.6 Å². The topological polar surface area (TPSA) is 65.8 Å². The first-order valence-electron chi connectivity index (χ1n) is 12.1. The molecule has 0 bridgehead atoms. The van der Waals surface area contributed by atoms with Crippen molar-refractivity contribution in [1.82, 2.24) is 14.4 Å². The summed E-state index contributed by atoms with van der Waals surface area (Å²) in [5.41, 5.74) is 3.18.